The van der Waals surface area contributed by atoms with Crippen molar-refractivity contribution in [2.75, 3.05) is 20.3 Å². The Morgan fingerprint density at radius 3 is 2.28 bits per heavy atom. The first-order chi connectivity index (χ1) is 15.5. The van der Waals surface area contributed by atoms with E-state index < -0.39 is 0 Å². The van der Waals surface area contributed by atoms with Crippen molar-refractivity contribution in [3.05, 3.63) is 82.5 Å². The zero-order valence-corrected chi connectivity index (χ0v) is 19.0. The van der Waals surface area contributed by atoms with Crippen LogP contribution in [-0.4, -0.2) is 40.9 Å². The second-order valence-electron chi connectivity index (χ2n) is 7.43. The number of benzene rings is 2. The van der Waals surface area contributed by atoms with Crippen molar-refractivity contribution in [1.82, 2.24) is 9.47 Å². The summed E-state index contributed by atoms with van der Waals surface area (Å²) in [6.07, 6.45) is 1.77. The van der Waals surface area contributed by atoms with Gasteiger partial charge in [0.1, 0.15) is 18.1 Å². The summed E-state index contributed by atoms with van der Waals surface area (Å²) >= 11 is 0.954. The molecule has 0 atom stereocenters. The van der Waals surface area contributed by atoms with Crippen LogP contribution in [0.4, 0.5) is 4.79 Å². The van der Waals surface area contributed by atoms with Crippen LogP contribution in [0.2, 0.25) is 0 Å². The SMILES string of the molecule is COc1ccc(-n2c(C)ccc2/C=C2\SC(=O)N(CCOc3ccc(C)cc3)C2=O)cc1. The summed E-state index contributed by atoms with van der Waals surface area (Å²) in [5.74, 6) is 1.19. The Morgan fingerprint density at radius 2 is 1.59 bits per heavy atom. The van der Waals surface area contributed by atoms with E-state index in [4.69, 9.17) is 9.47 Å². The summed E-state index contributed by atoms with van der Waals surface area (Å²) in [6.45, 7) is 4.45. The fraction of sp³-hybridized carbons (Fsp3) is 0.200. The van der Waals surface area contributed by atoms with Gasteiger partial charge in [-0.3, -0.25) is 14.5 Å². The van der Waals surface area contributed by atoms with Crippen molar-refractivity contribution in [2.24, 2.45) is 0 Å². The number of rotatable bonds is 7. The van der Waals surface area contributed by atoms with Crippen LogP contribution < -0.4 is 9.47 Å². The van der Waals surface area contributed by atoms with Gasteiger partial charge in [0.2, 0.25) is 0 Å². The molecule has 6 nitrogen and oxygen atoms in total. The van der Waals surface area contributed by atoms with Gasteiger partial charge in [-0.15, -0.1) is 0 Å². The fourth-order valence-electron chi connectivity index (χ4n) is 3.47. The number of thioether (sulfide) groups is 1. The van der Waals surface area contributed by atoms with Gasteiger partial charge < -0.3 is 14.0 Å². The minimum absolute atomic E-state index is 0.203. The molecule has 0 N–H and O–H groups in total. The second-order valence-corrected chi connectivity index (χ2v) is 8.42. The van der Waals surface area contributed by atoms with Crippen molar-refractivity contribution in [2.45, 2.75) is 13.8 Å². The number of ether oxygens (including phenoxy) is 2. The minimum atomic E-state index is -0.298. The van der Waals surface area contributed by atoms with Crippen LogP contribution in [0.25, 0.3) is 11.8 Å². The zero-order chi connectivity index (χ0) is 22.7. The average Bonchev–Trinajstić information content (AvgIpc) is 3.29. The summed E-state index contributed by atoms with van der Waals surface area (Å²) in [5.41, 5.74) is 3.94. The highest BCUT2D eigenvalue weighted by Gasteiger charge is 2.35. The molecule has 2 amide bonds. The first kappa shape index (κ1) is 21.8. The Bertz CT molecular complexity index is 1160. The largest absolute Gasteiger partial charge is 0.497 e. The van der Waals surface area contributed by atoms with Gasteiger partial charge in [-0.2, -0.15) is 0 Å². The van der Waals surface area contributed by atoms with Gasteiger partial charge in [-0.05, 0) is 80.2 Å². The first-order valence-corrected chi connectivity index (χ1v) is 11.1. The van der Waals surface area contributed by atoms with E-state index in [2.05, 4.69) is 0 Å². The molecule has 32 heavy (non-hydrogen) atoms. The maximum Gasteiger partial charge on any atom is 0.293 e. The van der Waals surface area contributed by atoms with E-state index in [0.717, 1.165) is 40.2 Å². The van der Waals surface area contributed by atoms with E-state index in [1.807, 2.05) is 79.1 Å². The second kappa shape index (κ2) is 9.36. The highest BCUT2D eigenvalue weighted by Crippen LogP contribution is 2.33. The predicted octanol–water partition coefficient (Wildman–Crippen LogP) is 5.22. The minimum Gasteiger partial charge on any atom is -0.497 e. The average molecular weight is 449 g/mol. The number of aryl methyl sites for hydroxylation is 2. The monoisotopic (exact) mass is 448 g/mol. The first-order valence-electron chi connectivity index (χ1n) is 10.2. The van der Waals surface area contributed by atoms with Crippen molar-refractivity contribution in [3.8, 4) is 17.2 Å². The third-order valence-electron chi connectivity index (χ3n) is 5.19. The molecule has 0 bridgehead atoms. The van der Waals surface area contributed by atoms with Crippen molar-refractivity contribution in [1.29, 1.82) is 0 Å². The summed E-state index contributed by atoms with van der Waals surface area (Å²) < 4.78 is 13.0. The quantitative estimate of drug-likeness (QED) is 0.464. The number of aromatic nitrogens is 1. The molecule has 0 aliphatic carbocycles. The van der Waals surface area contributed by atoms with E-state index in [9.17, 15) is 9.59 Å². The number of carbonyl (C=O) groups is 2. The fourth-order valence-corrected chi connectivity index (χ4v) is 4.32. The van der Waals surface area contributed by atoms with Gasteiger partial charge >= 0.3 is 0 Å². The number of methoxy groups -OCH3 is 1. The Kier molecular flexibility index (Phi) is 6.37. The van der Waals surface area contributed by atoms with Crippen LogP contribution >= 0.6 is 11.8 Å². The molecule has 1 aromatic heterocycles. The number of carbonyl (C=O) groups excluding carboxylic acids is 2. The molecule has 4 rings (SSSR count). The lowest BCUT2D eigenvalue weighted by atomic mass is 10.2. The lowest BCUT2D eigenvalue weighted by Crippen LogP contribution is -2.32. The highest BCUT2D eigenvalue weighted by molar-refractivity contribution is 8.18. The molecular weight excluding hydrogens is 424 g/mol. The molecule has 2 aromatic carbocycles. The van der Waals surface area contributed by atoms with Crippen LogP contribution in [0.5, 0.6) is 11.5 Å². The highest BCUT2D eigenvalue weighted by atomic mass is 32.2. The molecule has 1 fully saturated rings. The van der Waals surface area contributed by atoms with Crippen LogP contribution in [0.1, 0.15) is 17.0 Å². The summed E-state index contributed by atoms with van der Waals surface area (Å²) in [7, 11) is 1.63. The standard InChI is InChI=1S/C25H24N2O4S/c1-17-4-10-22(11-5-17)31-15-14-26-24(28)23(32-25(26)29)16-20-7-6-18(2)27(20)19-8-12-21(30-3)13-9-19/h4-13,16H,14-15H2,1-3H3/b23-16-. The topological polar surface area (TPSA) is 60.8 Å². The van der Waals surface area contributed by atoms with Gasteiger partial charge in [0.05, 0.1) is 18.6 Å². The van der Waals surface area contributed by atoms with Gasteiger partial charge in [-0.1, -0.05) is 17.7 Å². The molecule has 0 saturated carbocycles. The van der Waals surface area contributed by atoms with E-state index in [1.165, 1.54) is 4.90 Å². The Morgan fingerprint density at radius 1 is 0.906 bits per heavy atom. The Labute approximate surface area is 191 Å². The molecule has 1 saturated heterocycles. The lowest BCUT2D eigenvalue weighted by molar-refractivity contribution is -0.123. The molecule has 0 radical (unpaired) electrons. The molecule has 0 spiro atoms. The zero-order valence-electron chi connectivity index (χ0n) is 18.2. The number of imide groups is 1. The van der Waals surface area contributed by atoms with Gasteiger partial charge in [-0.25, -0.2) is 0 Å². The number of amides is 2. The number of hydrogen-bond donors (Lipinski definition) is 0. The van der Waals surface area contributed by atoms with Crippen molar-refractivity contribution >= 4 is 29.0 Å². The van der Waals surface area contributed by atoms with Gasteiger partial charge in [0, 0.05) is 17.1 Å². The predicted molar refractivity (Wildman–Crippen MR) is 126 cm³/mol. The molecular formula is C25H24N2O4S. The molecule has 1 aliphatic heterocycles. The molecule has 164 valence electrons. The Hall–Kier alpha value is -3.45. The summed E-state index contributed by atoms with van der Waals surface area (Å²) in [5, 5.41) is -0.284. The van der Waals surface area contributed by atoms with Gasteiger partial charge in [0.25, 0.3) is 11.1 Å². The molecule has 0 unspecified atom stereocenters. The maximum atomic E-state index is 12.9. The smallest absolute Gasteiger partial charge is 0.293 e. The normalized spacial score (nSPS) is 15.0. The van der Waals surface area contributed by atoms with Crippen molar-refractivity contribution < 1.29 is 19.1 Å². The molecule has 1 aliphatic rings. The van der Waals surface area contributed by atoms with E-state index in [-0.39, 0.29) is 24.3 Å². The Balaban J connectivity index is 1.48. The van der Waals surface area contributed by atoms with Crippen LogP contribution in [-0.2, 0) is 4.79 Å². The molecule has 7 heteroatoms. The maximum absolute atomic E-state index is 12.9. The number of nitrogens with zero attached hydrogens (tertiary/aromatic N) is 2. The van der Waals surface area contributed by atoms with Crippen molar-refractivity contribution in [3.63, 3.8) is 0 Å². The van der Waals surface area contributed by atoms with E-state index >= 15 is 0 Å². The summed E-state index contributed by atoms with van der Waals surface area (Å²) in [4.78, 5) is 27.0. The number of hydrogen-bond acceptors (Lipinski definition) is 5. The summed E-state index contributed by atoms with van der Waals surface area (Å²) in [6, 6.07) is 19.3. The van der Waals surface area contributed by atoms with Crippen LogP contribution in [0.3, 0.4) is 0 Å². The van der Waals surface area contributed by atoms with Gasteiger partial charge in [0.15, 0.2) is 0 Å². The third kappa shape index (κ3) is 4.57. The third-order valence-corrected chi connectivity index (χ3v) is 6.10. The molecule has 3 aromatic rings. The van der Waals surface area contributed by atoms with Crippen LogP contribution in [0.15, 0.2) is 65.6 Å². The molecule has 2 heterocycles. The lowest BCUT2D eigenvalue weighted by Gasteiger charge is -2.13. The van der Waals surface area contributed by atoms with E-state index in [1.54, 1.807) is 13.2 Å². The van der Waals surface area contributed by atoms with E-state index in [0.29, 0.717) is 10.7 Å². The van der Waals surface area contributed by atoms with Crippen LogP contribution in [0, 0.1) is 13.8 Å².